The molecule has 21 heavy (non-hydrogen) atoms. The second-order valence-electron chi connectivity index (χ2n) is 5.23. The lowest BCUT2D eigenvalue weighted by atomic mass is 9.94. The standard InChI is InChI=1S/C14H21N3O3S/c1-17(2)21(19,20)10-9-16-14(18)13-12-6-4-3-5-11(12)7-8-15-13/h3-6,13,15H,7-10H2,1-2H3,(H,16,18). The van der Waals surface area contributed by atoms with Gasteiger partial charge in [-0.2, -0.15) is 0 Å². The second kappa shape index (κ2) is 6.55. The summed E-state index contributed by atoms with van der Waals surface area (Å²) in [7, 11) is -0.322. The van der Waals surface area contributed by atoms with Crippen molar-refractivity contribution in [2.75, 3.05) is 32.9 Å². The Kier molecular flexibility index (Phi) is 4.97. The summed E-state index contributed by atoms with van der Waals surface area (Å²) in [4.78, 5) is 12.2. The number of carbonyl (C=O) groups is 1. The molecular formula is C14H21N3O3S. The van der Waals surface area contributed by atoms with Crippen molar-refractivity contribution >= 4 is 15.9 Å². The van der Waals surface area contributed by atoms with Gasteiger partial charge in [0.15, 0.2) is 0 Å². The van der Waals surface area contributed by atoms with Crippen LogP contribution in [0.5, 0.6) is 0 Å². The van der Waals surface area contributed by atoms with E-state index in [0.29, 0.717) is 0 Å². The minimum absolute atomic E-state index is 0.0971. The molecule has 1 heterocycles. The molecule has 0 radical (unpaired) electrons. The number of hydrogen-bond donors (Lipinski definition) is 2. The van der Waals surface area contributed by atoms with Crippen molar-refractivity contribution in [3.8, 4) is 0 Å². The summed E-state index contributed by atoms with van der Waals surface area (Å²) >= 11 is 0. The number of fused-ring (bicyclic) bond motifs is 1. The minimum Gasteiger partial charge on any atom is -0.353 e. The zero-order valence-corrected chi connectivity index (χ0v) is 13.1. The molecule has 2 N–H and O–H groups in total. The Balaban J connectivity index is 1.96. The Bertz CT molecular complexity index is 614. The molecule has 1 amide bonds. The lowest BCUT2D eigenvalue weighted by Gasteiger charge is -2.26. The highest BCUT2D eigenvalue weighted by molar-refractivity contribution is 7.89. The molecule has 1 unspecified atom stereocenters. The molecule has 0 saturated carbocycles. The average Bonchev–Trinajstić information content (AvgIpc) is 2.46. The number of nitrogens with one attached hydrogen (secondary N) is 2. The molecule has 6 nitrogen and oxygen atoms in total. The third-order valence-electron chi connectivity index (χ3n) is 3.59. The Morgan fingerprint density at radius 3 is 2.81 bits per heavy atom. The van der Waals surface area contributed by atoms with E-state index in [1.807, 2.05) is 24.3 Å². The maximum Gasteiger partial charge on any atom is 0.241 e. The van der Waals surface area contributed by atoms with E-state index in [-0.39, 0.29) is 18.2 Å². The van der Waals surface area contributed by atoms with E-state index < -0.39 is 16.1 Å². The van der Waals surface area contributed by atoms with Gasteiger partial charge in [-0.15, -0.1) is 0 Å². The molecule has 0 bridgehead atoms. The highest BCUT2D eigenvalue weighted by atomic mass is 32.2. The summed E-state index contributed by atoms with van der Waals surface area (Å²) in [5.41, 5.74) is 2.13. The highest BCUT2D eigenvalue weighted by Crippen LogP contribution is 2.22. The Hall–Kier alpha value is -1.44. The summed E-state index contributed by atoms with van der Waals surface area (Å²) in [6.07, 6.45) is 0.898. The maximum absolute atomic E-state index is 12.2. The third-order valence-corrected chi connectivity index (χ3v) is 5.42. The van der Waals surface area contributed by atoms with Crippen molar-refractivity contribution in [1.29, 1.82) is 0 Å². The monoisotopic (exact) mass is 311 g/mol. The first-order valence-electron chi connectivity index (χ1n) is 6.91. The summed E-state index contributed by atoms with van der Waals surface area (Å²) in [5, 5.41) is 5.87. The fourth-order valence-corrected chi connectivity index (χ4v) is 3.05. The van der Waals surface area contributed by atoms with Crippen LogP contribution >= 0.6 is 0 Å². The lowest BCUT2D eigenvalue weighted by Crippen LogP contribution is -2.43. The van der Waals surface area contributed by atoms with Gasteiger partial charge in [-0.1, -0.05) is 24.3 Å². The first-order valence-corrected chi connectivity index (χ1v) is 8.52. The first kappa shape index (κ1) is 15.9. The van der Waals surface area contributed by atoms with Gasteiger partial charge in [-0.25, -0.2) is 12.7 Å². The third kappa shape index (κ3) is 3.81. The van der Waals surface area contributed by atoms with Gasteiger partial charge in [0, 0.05) is 27.2 Å². The summed E-state index contributed by atoms with van der Waals surface area (Å²) in [5.74, 6) is -0.281. The van der Waals surface area contributed by atoms with Gasteiger partial charge in [-0.05, 0) is 17.5 Å². The topological polar surface area (TPSA) is 78.5 Å². The minimum atomic E-state index is -3.29. The SMILES string of the molecule is CN(C)S(=O)(=O)CCNC(=O)C1NCCc2ccccc21. The van der Waals surface area contributed by atoms with Crippen LogP contribution < -0.4 is 10.6 Å². The molecule has 1 aliphatic heterocycles. The fraction of sp³-hybridized carbons (Fsp3) is 0.500. The van der Waals surface area contributed by atoms with Crippen molar-refractivity contribution in [1.82, 2.24) is 14.9 Å². The van der Waals surface area contributed by atoms with Crippen LogP contribution in [0.15, 0.2) is 24.3 Å². The number of sulfonamides is 1. The van der Waals surface area contributed by atoms with Crippen molar-refractivity contribution in [2.45, 2.75) is 12.5 Å². The predicted molar refractivity (Wildman–Crippen MR) is 81.4 cm³/mol. The van der Waals surface area contributed by atoms with E-state index in [4.69, 9.17) is 0 Å². The van der Waals surface area contributed by atoms with Crippen molar-refractivity contribution in [2.24, 2.45) is 0 Å². The molecule has 0 fully saturated rings. The maximum atomic E-state index is 12.2. The van der Waals surface area contributed by atoms with Crippen LogP contribution in [0.1, 0.15) is 17.2 Å². The predicted octanol–water partition coefficient (Wildman–Crippen LogP) is -0.119. The zero-order valence-electron chi connectivity index (χ0n) is 12.3. The lowest BCUT2D eigenvalue weighted by molar-refractivity contribution is -0.123. The second-order valence-corrected chi connectivity index (χ2v) is 7.53. The van der Waals surface area contributed by atoms with Gasteiger partial charge in [-0.3, -0.25) is 4.79 Å². The first-order chi connectivity index (χ1) is 9.92. The molecular weight excluding hydrogens is 290 g/mol. The smallest absolute Gasteiger partial charge is 0.241 e. The molecule has 2 rings (SSSR count). The molecule has 7 heteroatoms. The van der Waals surface area contributed by atoms with Crippen LogP contribution in [0.3, 0.4) is 0 Å². The average molecular weight is 311 g/mol. The van der Waals surface area contributed by atoms with Crippen LogP contribution in [-0.2, 0) is 21.2 Å². The van der Waals surface area contributed by atoms with Crippen LogP contribution in [0.4, 0.5) is 0 Å². The number of hydrogen-bond acceptors (Lipinski definition) is 4. The highest BCUT2D eigenvalue weighted by Gasteiger charge is 2.25. The molecule has 0 spiro atoms. The fourth-order valence-electron chi connectivity index (χ4n) is 2.33. The van der Waals surface area contributed by atoms with E-state index in [1.54, 1.807) is 0 Å². The van der Waals surface area contributed by atoms with E-state index >= 15 is 0 Å². The van der Waals surface area contributed by atoms with Crippen molar-refractivity contribution in [3.05, 3.63) is 35.4 Å². The molecule has 0 saturated heterocycles. The molecule has 116 valence electrons. The quantitative estimate of drug-likeness (QED) is 0.795. The van der Waals surface area contributed by atoms with Gasteiger partial charge in [0.1, 0.15) is 6.04 Å². The Labute approximate surface area is 125 Å². The Morgan fingerprint density at radius 2 is 2.10 bits per heavy atom. The van der Waals surface area contributed by atoms with E-state index in [2.05, 4.69) is 10.6 Å². The van der Waals surface area contributed by atoms with Crippen molar-refractivity contribution < 1.29 is 13.2 Å². The van der Waals surface area contributed by atoms with Crippen LogP contribution in [0, 0.1) is 0 Å². The van der Waals surface area contributed by atoms with Crippen LogP contribution in [0.25, 0.3) is 0 Å². The normalized spacial score (nSPS) is 18.3. The van der Waals surface area contributed by atoms with Crippen LogP contribution in [0.2, 0.25) is 0 Å². The largest absolute Gasteiger partial charge is 0.353 e. The number of nitrogens with zero attached hydrogens (tertiary/aromatic N) is 1. The van der Waals surface area contributed by atoms with E-state index in [1.165, 1.54) is 14.1 Å². The molecule has 1 aromatic rings. The summed E-state index contributed by atoms with van der Waals surface area (Å²) < 4.78 is 24.5. The summed E-state index contributed by atoms with van der Waals surface area (Å²) in [6, 6.07) is 7.41. The zero-order chi connectivity index (χ0) is 15.5. The molecule has 1 aromatic carbocycles. The number of rotatable bonds is 5. The van der Waals surface area contributed by atoms with Crippen LogP contribution in [-0.4, -0.2) is 51.6 Å². The molecule has 1 atom stereocenters. The van der Waals surface area contributed by atoms with Gasteiger partial charge in [0.05, 0.1) is 5.75 Å². The number of benzene rings is 1. The number of carbonyl (C=O) groups excluding carboxylic acids is 1. The molecule has 0 aromatic heterocycles. The summed E-state index contributed by atoms with van der Waals surface area (Å²) in [6.45, 7) is 0.852. The number of amides is 1. The van der Waals surface area contributed by atoms with Crippen molar-refractivity contribution in [3.63, 3.8) is 0 Å². The van der Waals surface area contributed by atoms with E-state index in [0.717, 1.165) is 28.4 Å². The molecule has 1 aliphatic rings. The van der Waals surface area contributed by atoms with Gasteiger partial charge in [0.2, 0.25) is 15.9 Å². The molecule has 0 aliphatic carbocycles. The van der Waals surface area contributed by atoms with Gasteiger partial charge >= 0.3 is 0 Å². The van der Waals surface area contributed by atoms with Gasteiger partial charge < -0.3 is 10.6 Å². The van der Waals surface area contributed by atoms with E-state index in [9.17, 15) is 13.2 Å². The Morgan fingerprint density at radius 1 is 1.38 bits per heavy atom. The van der Waals surface area contributed by atoms with Gasteiger partial charge in [0.25, 0.3) is 0 Å².